The first kappa shape index (κ1) is 9.99. The lowest BCUT2D eigenvalue weighted by molar-refractivity contribution is 0.665. The summed E-state index contributed by atoms with van der Waals surface area (Å²) in [6, 6.07) is 1.28. The molecule has 1 aromatic heterocycles. The summed E-state index contributed by atoms with van der Waals surface area (Å²) in [5.74, 6) is 0.237. The number of nitrogen functional groups attached to an aromatic ring is 1. The van der Waals surface area contributed by atoms with Crippen LogP contribution in [0, 0.1) is 0 Å². The van der Waals surface area contributed by atoms with Gasteiger partial charge in [0.25, 0.3) is 5.56 Å². The Morgan fingerprint density at radius 1 is 1.54 bits per heavy atom. The van der Waals surface area contributed by atoms with Crippen LogP contribution < -0.4 is 17.0 Å². The Morgan fingerprint density at radius 2 is 2.15 bits per heavy atom. The lowest BCUT2D eigenvalue weighted by Gasteiger charge is -2.08. The van der Waals surface area contributed by atoms with Crippen LogP contribution in [0.3, 0.4) is 0 Å². The fourth-order valence-corrected chi connectivity index (χ4v) is 1.74. The number of aromatic nitrogens is 2. The maximum atomic E-state index is 11.5. The number of hydrogen-bond donors (Lipinski definition) is 1. The highest BCUT2D eigenvalue weighted by molar-refractivity contribution is 7.35. The van der Waals surface area contributed by atoms with Gasteiger partial charge in [-0.25, -0.2) is 4.79 Å². The highest BCUT2D eigenvalue weighted by Gasteiger charge is 2.05. The predicted molar refractivity (Wildman–Crippen MR) is 54.7 cm³/mol. The standard InChI is InChI=1S/C7H12N3O2P/c1-3-9-6(11)4-5(8)10(13-2)7(9)12/h4,13H,3,8H2,1-2H3. The molecule has 0 aliphatic carbocycles. The summed E-state index contributed by atoms with van der Waals surface area (Å²) in [6.45, 7) is 3.97. The van der Waals surface area contributed by atoms with E-state index in [0.29, 0.717) is 6.54 Å². The molecule has 0 aliphatic heterocycles. The summed E-state index contributed by atoms with van der Waals surface area (Å²) in [6.07, 6.45) is 0. The third-order valence-electron chi connectivity index (χ3n) is 1.76. The summed E-state index contributed by atoms with van der Waals surface area (Å²) in [5, 5.41) is 0. The zero-order valence-electron chi connectivity index (χ0n) is 7.57. The average Bonchev–Trinajstić information content (AvgIpc) is 2.04. The molecular formula is C7H12N3O2P. The topological polar surface area (TPSA) is 70.0 Å². The van der Waals surface area contributed by atoms with Gasteiger partial charge in [-0.05, 0) is 22.3 Å². The van der Waals surface area contributed by atoms with E-state index >= 15 is 0 Å². The Morgan fingerprint density at radius 3 is 2.62 bits per heavy atom. The molecule has 1 heterocycles. The van der Waals surface area contributed by atoms with Crippen molar-refractivity contribution in [2.45, 2.75) is 13.5 Å². The first-order valence-corrected chi connectivity index (χ1v) is 5.36. The predicted octanol–water partition coefficient (Wildman–Crippen LogP) is -0.317. The molecule has 1 atom stereocenters. The average molecular weight is 201 g/mol. The fourth-order valence-electron chi connectivity index (χ4n) is 1.11. The van der Waals surface area contributed by atoms with E-state index in [9.17, 15) is 9.59 Å². The van der Waals surface area contributed by atoms with Crippen molar-refractivity contribution in [2.24, 2.45) is 0 Å². The molecule has 0 fully saturated rings. The molecule has 0 aromatic carbocycles. The van der Waals surface area contributed by atoms with Crippen molar-refractivity contribution in [1.82, 2.24) is 8.90 Å². The second-order valence-electron chi connectivity index (χ2n) is 2.49. The molecule has 6 heteroatoms. The summed E-state index contributed by atoms with van der Waals surface area (Å²) >= 11 is 0. The lowest BCUT2D eigenvalue weighted by atomic mass is 10.5. The monoisotopic (exact) mass is 201 g/mol. The van der Waals surface area contributed by atoms with Crippen LogP contribution in [0.25, 0.3) is 0 Å². The molecular weight excluding hydrogens is 189 g/mol. The number of hydrogen-bond acceptors (Lipinski definition) is 3. The maximum Gasteiger partial charge on any atom is 0.335 e. The third kappa shape index (κ3) is 1.65. The molecule has 2 N–H and O–H groups in total. The summed E-state index contributed by atoms with van der Waals surface area (Å²) in [7, 11) is 0.243. The quantitative estimate of drug-likeness (QED) is 0.667. The van der Waals surface area contributed by atoms with Gasteiger partial charge in [0.1, 0.15) is 5.82 Å². The molecule has 0 radical (unpaired) electrons. The molecule has 5 nitrogen and oxygen atoms in total. The van der Waals surface area contributed by atoms with Gasteiger partial charge in [0.05, 0.1) is 0 Å². The Balaban J connectivity index is 3.59. The van der Waals surface area contributed by atoms with Crippen molar-refractivity contribution >= 4 is 14.5 Å². The molecule has 0 amide bonds. The van der Waals surface area contributed by atoms with Crippen molar-refractivity contribution in [3.8, 4) is 0 Å². The van der Waals surface area contributed by atoms with Gasteiger partial charge in [-0.2, -0.15) is 0 Å². The van der Waals surface area contributed by atoms with E-state index in [4.69, 9.17) is 5.73 Å². The Bertz CT molecular complexity index is 421. The van der Waals surface area contributed by atoms with E-state index in [1.54, 1.807) is 6.92 Å². The van der Waals surface area contributed by atoms with Crippen molar-refractivity contribution < 1.29 is 0 Å². The minimum Gasteiger partial charge on any atom is -0.385 e. The summed E-state index contributed by atoms with van der Waals surface area (Å²) < 4.78 is 2.55. The molecule has 0 spiro atoms. The largest absolute Gasteiger partial charge is 0.385 e. The van der Waals surface area contributed by atoms with Gasteiger partial charge in [0, 0.05) is 12.6 Å². The van der Waals surface area contributed by atoms with Crippen LogP contribution in [0.15, 0.2) is 15.7 Å². The zero-order chi connectivity index (χ0) is 10.0. The SMILES string of the molecule is CCn1c(=O)cc(N)n(PC)c1=O. The Hall–Kier alpha value is -1.09. The van der Waals surface area contributed by atoms with E-state index < -0.39 is 0 Å². The van der Waals surface area contributed by atoms with Gasteiger partial charge in [-0.15, -0.1) is 0 Å². The number of nitrogens with zero attached hydrogens (tertiary/aromatic N) is 2. The van der Waals surface area contributed by atoms with Gasteiger partial charge in [0.15, 0.2) is 0 Å². The molecule has 1 aromatic rings. The van der Waals surface area contributed by atoms with Crippen LogP contribution >= 0.6 is 8.73 Å². The van der Waals surface area contributed by atoms with Gasteiger partial charge < -0.3 is 5.73 Å². The van der Waals surface area contributed by atoms with Gasteiger partial charge in [-0.3, -0.25) is 13.7 Å². The number of rotatable bonds is 2. The zero-order valence-corrected chi connectivity index (χ0v) is 8.57. The van der Waals surface area contributed by atoms with Crippen LogP contribution in [0.5, 0.6) is 0 Å². The highest BCUT2D eigenvalue weighted by atomic mass is 31.1. The van der Waals surface area contributed by atoms with Crippen LogP contribution in [-0.4, -0.2) is 15.6 Å². The second kappa shape index (κ2) is 3.75. The Kier molecular flexibility index (Phi) is 2.88. The molecule has 13 heavy (non-hydrogen) atoms. The first-order chi connectivity index (χ1) is 6.11. The first-order valence-electron chi connectivity index (χ1n) is 3.92. The van der Waals surface area contributed by atoms with Crippen molar-refractivity contribution in [2.75, 3.05) is 12.4 Å². The van der Waals surface area contributed by atoms with E-state index in [-0.39, 0.29) is 25.8 Å². The van der Waals surface area contributed by atoms with Crippen molar-refractivity contribution in [3.05, 3.63) is 26.9 Å². The molecule has 1 unspecified atom stereocenters. The van der Waals surface area contributed by atoms with E-state index in [0.717, 1.165) is 4.57 Å². The second-order valence-corrected chi connectivity index (χ2v) is 3.39. The molecule has 1 rings (SSSR count). The molecule has 0 aliphatic rings. The molecule has 0 saturated heterocycles. The smallest absolute Gasteiger partial charge is 0.335 e. The van der Waals surface area contributed by atoms with Gasteiger partial charge in [0.2, 0.25) is 0 Å². The van der Waals surface area contributed by atoms with E-state index in [1.165, 1.54) is 10.4 Å². The normalized spacial score (nSPS) is 11.2. The van der Waals surface area contributed by atoms with E-state index in [1.807, 2.05) is 6.66 Å². The van der Waals surface area contributed by atoms with Crippen LogP contribution in [0.1, 0.15) is 6.92 Å². The third-order valence-corrected chi connectivity index (χ3v) is 2.65. The van der Waals surface area contributed by atoms with Crippen LogP contribution in [0.2, 0.25) is 0 Å². The molecule has 0 saturated carbocycles. The summed E-state index contributed by atoms with van der Waals surface area (Å²) in [5.41, 5.74) is 4.85. The minimum absolute atomic E-state index is 0.237. The highest BCUT2D eigenvalue weighted by Crippen LogP contribution is 2.08. The lowest BCUT2D eigenvalue weighted by Crippen LogP contribution is -2.37. The minimum atomic E-state index is -0.334. The fraction of sp³-hybridized carbons (Fsp3) is 0.429. The van der Waals surface area contributed by atoms with Crippen molar-refractivity contribution in [1.29, 1.82) is 0 Å². The van der Waals surface area contributed by atoms with Gasteiger partial charge in [-0.1, -0.05) is 0 Å². The van der Waals surface area contributed by atoms with Crippen molar-refractivity contribution in [3.63, 3.8) is 0 Å². The maximum absolute atomic E-state index is 11.5. The number of nitrogens with two attached hydrogens (primary N) is 1. The van der Waals surface area contributed by atoms with Crippen LogP contribution in [0.4, 0.5) is 5.82 Å². The summed E-state index contributed by atoms with van der Waals surface area (Å²) in [4.78, 5) is 22.8. The Labute approximate surface area is 77.0 Å². The molecule has 72 valence electrons. The van der Waals surface area contributed by atoms with E-state index in [2.05, 4.69) is 0 Å². The molecule has 0 bridgehead atoms. The van der Waals surface area contributed by atoms with Crippen LogP contribution in [-0.2, 0) is 6.54 Å². The number of anilines is 1. The van der Waals surface area contributed by atoms with Gasteiger partial charge >= 0.3 is 5.69 Å².